The molecule has 0 aromatic carbocycles. The third-order valence-corrected chi connectivity index (χ3v) is 10.6. The van der Waals surface area contributed by atoms with Gasteiger partial charge in [0.05, 0.1) is 0 Å². The summed E-state index contributed by atoms with van der Waals surface area (Å²) in [5.74, 6) is 5.03. The SMILES string of the molecule is C=C(C)C=CC[C@@H](C)[C@H]1CC[C@H]2[C@@H]3CCC4C[C@@H](OC(C)=O)CC[C@]4(C)[C@H]3CC[C@]12C. The van der Waals surface area contributed by atoms with Gasteiger partial charge in [-0.15, -0.1) is 0 Å². The summed E-state index contributed by atoms with van der Waals surface area (Å²) in [4.78, 5) is 11.5. The molecular weight excluding hydrogens is 380 g/mol. The fraction of sp³-hybridized carbons (Fsp3) is 0.828. The third-order valence-electron chi connectivity index (χ3n) is 10.6. The Labute approximate surface area is 191 Å². The van der Waals surface area contributed by atoms with Crippen LogP contribution in [0.2, 0.25) is 0 Å². The fourth-order valence-electron chi connectivity index (χ4n) is 9.18. The number of carbonyl (C=O) groups excluding carboxylic acids is 1. The second-order valence-corrected chi connectivity index (χ2v) is 12.4. The van der Waals surface area contributed by atoms with Crippen LogP contribution < -0.4 is 0 Å². The van der Waals surface area contributed by atoms with Crippen molar-refractivity contribution in [3.8, 4) is 0 Å². The van der Waals surface area contributed by atoms with E-state index < -0.39 is 0 Å². The second-order valence-electron chi connectivity index (χ2n) is 12.4. The van der Waals surface area contributed by atoms with E-state index in [-0.39, 0.29) is 12.1 Å². The first kappa shape index (κ1) is 23.1. The number of allylic oxidation sites excluding steroid dienone is 3. The smallest absolute Gasteiger partial charge is 0.302 e. The normalized spacial score (nSPS) is 45.5. The molecule has 1 unspecified atom stereocenters. The van der Waals surface area contributed by atoms with Crippen LogP contribution in [0.15, 0.2) is 24.3 Å². The van der Waals surface area contributed by atoms with Gasteiger partial charge in [0.2, 0.25) is 0 Å². The van der Waals surface area contributed by atoms with Crippen molar-refractivity contribution in [3.05, 3.63) is 24.3 Å². The van der Waals surface area contributed by atoms with Crippen LogP contribution in [0.3, 0.4) is 0 Å². The van der Waals surface area contributed by atoms with E-state index in [2.05, 4.69) is 46.4 Å². The topological polar surface area (TPSA) is 26.3 Å². The highest BCUT2D eigenvalue weighted by Crippen LogP contribution is 2.68. The Morgan fingerprint density at radius 3 is 2.45 bits per heavy atom. The van der Waals surface area contributed by atoms with Gasteiger partial charge in [0, 0.05) is 6.92 Å². The van der Waals surface area contributed by atoms with Gasteiger partial charge < -0.3 is 4.74 Å². The van der Waals surface area contributed by atoms with Gasteiger partial charge in [0.25, 0.3) is 0 Å². The first-order valence-electron chi connectivity index (χ1n) is 13.1. The molecule has 4 aliphatic rings. The molecule has 174 valence electrons. The first-order chi connectivity index (χ1) is 14.6. The number of ether oxygens (including phenoxy) is 1. The zero-order valence-electron chi connectivity index (χ0n) is 20.8. The predicted octanol–water partition coefficient (Wildman–Crippen LogP) is 7.74. The highest BCUT2D eigenvalue weighted by Gasteiger charge is 2.60. The van der Waals surface area contributed by atoms with Gasteiger partial charge in [-0.2, -0.15) is 0 Å². The summed E-state index contributed by atoms with van der Waals surface area (Å²) in [6.45, 7) is 15.5. The standard InChI is InChI=1S/C29H46O2/c1-19(2)8-7-9-20(3)25-12-13-26-24-11-10-22-18-23(31-21(4)30)14-16-28(22,5)27(24)15-17-29(25,26)6/h7-8,20,22-27H,1,9-18H2,2-6H3/t20-,22?,23+,24+,25-,26+,27+,28+,29-/m1/s1. The van der Waals surface area contributed by atoms with Crippen molar-refractivity contribution in [2.75, 3.05) is 0 Å². The summed E-state index contributed by atoms with van der Waals surface area (Å²) in [7, 11) is 0. The van der Waals surface area contributed by atoms with E-state index in [1.54, 1.807) is 6.92 Å². The molecule has 0 N–H and O–H groups in total. The lowest BCUT2D eigenvalue weighted by atomic mass is 9.44. The number of hydrogen-bond donors (Lipinski definition) is 0. The first-order valence-corrected chi connectivity index (χ1v) is 13.1. The van der Waals surface area contributed by atoms with Crippen LogP contribution in [-0.4, -0.2) is 12.1 Å². The molecule has 2 heteroatoms. The fourth-order valence-corrected chi connectivity index (χ4v) is 9.18. The molecule has 2 nitrogen and oxygen atoms in total. The van der Waals surface area contributed by atoms with Crippen LogP contribution >= 0.6 is 0 Å². The highest BCUT2D eigenvalue weighted by molar-refractivity contribution is 5.66. The van der Waals surface area contributed by atoms with E-state index in [1.807, 2.05) is 0 Å². The molecule has 0 heterocycles. The lowest BCUT2D eigenvalue weighted by molar-refractivity contribution is -0.160. The van der Waals surface area contributed by atoms with Crippen molar-refractivity contribution in [3.63, 3.8) is 0 Å². The van der Waals surface area contributed by atoms with Crippen molar-refractivity contribution in [2.45, 2.75) is 105 Å². The molecule has 9 atom stereocenters. The van der Waals surface area contributed by atoms with E-state index >= 15 is 0 Å². The molecule has 31 heavy (non-hydrogen) atoms. The molecular formula is C29H46O2. The molecule has 0 amide bonds. The van der Waals surface area contributed by atoms with E-state index in [1.165, 1.54) is 51.4 Å². The van der Waals surface area contributed by atoms with Gasteiger partial charge in [-0.05, 0) is 117 Å². The predicted molar refractivity (Wildman–Crippen MR) is 129 cm³/mol. The van der Waals surface area contributed by atoms with E-state index in [0.29, 0.717) is 10.8 Å². The van der Waals surface area contributed by atoms with Gasteiger partial charge >= 0.3 is 5.97 Å². The summed E-state index contributed by atoms with van der Waals surface area (Å²) >= 11 is 0. The Hall–Kier alpha value is -1.05. The largest absolute Gasteiger partial charge is 0.463 e. The Kier molecular flexibility index (Phi) is 6.50. The minimum Gasteiger partial charge on any atom is -0.463 e. The highest BCUT2D eigenvalue weighted by atomic mass is 16.5. The quantitative estimate of drug-likeness (QED) is 0.332. The number of fused-ring (bicyclic) bond motifs is 5. The van der Waals surface area contributed by atoms with Crippen molar-refractivity contribution in [2.24, 2.45) is 46.3 Å². The zero-order chi connectivity index (χ0) is 22.4. The molecule has 0 aromatic heterocycles. The molecule has 0 spiro atoms. The zero-order valence-corrected chi connectivity index (χ0v) is 20.8. The Morgan fingerprint density at radius 1 is 1.03 bits per heavy atom. The molecule has 0 radical (unpaired) electrons. The van der Waals surface area contributed by atoms with Crippen molar-refractivity contribution in [1.29, 1.82) is 0 Å². The number of carbonyl (C=O) groups is 1. The molecule has 4 saturated carbocycles. The molecule has 4 rings (SSSR count). The van der Waals surface area contributed by atoms with Gasteiger partial charge in [-0.3, -0.25) is 4.79 Å². The average Bonchev–Trinajstić information content (AvgIpc) is 3.05. The Bertz CT molecular complexity index is 722. The van der Waals surface area contributed by atoms with Crippen LogP contribution in [0.4, 0.5) is 0 Å². The second kappa shape index (κ2) is 8.71. The van der Waals surface area contributed by atoms with Crippen LogP contribution in [0, 0.1) is 46.3 Å². The summed E-state index contributed by atoms with van der Waals surface area (Å²) in [6.07, 6.45) is 17.9. The van der Waals surface area contributed by atoms with E-state index in [4.69, 9.17) is 4.74 Å². The summed E-state index contributed by atoms with van der Waals surface area (Å²) < 4.78 is 5.64. The van der Waals surface area contributed by atoms with Crippen LogP contribution in [-0.2, 0) is 9.53 Å². The lowest BCUT2D eigenvalue weighted by Gasteiger charge is -2.61. The maximum Gasteiger partial charge on any atom is 0.302 e. The molecule has 0 saturated heterocycles. The van der Waals surface area contributed by atoms with Crippen LogP contribution in [0.5, 0.6) is 0 Å². The van der Waals surface area contributed by atoms with Crippen molar-refractivity contribution in [1.82, 2.24) is 0 Å². The van der Waals surface area contributed by atoms with E-state index in [0.717, 1.165) is 53.9 Å². The minimum absolute atomic E-state index is 0.0973. The summed E-state index contributed by atoms with van der Waals surface area (Å²) in [5.41, 5.74) is 2.17. The maximum absolute atomic E-state index is 11.5. The number of rotatable bonds is 5. The minimum atomic E-state index is -0.0973. The molecule has 4 aliphatic carbocycles. The van der Waals surface area contributed by atoms with Crippen molar-refractivity contribution < 1.29 is 9.53 Å². The average molecular weight is 427 g/mol. The van der Waals surface area contributed by atoms with Gasteiger partial charge in [0.15, 0.2) is 0 Å². The van der Waals surface area contributed by atoms with Crippen molar-refractivity contribution >= 4 is 5.97 Å². The summed E-state index contributed by atoms with van der Waals surface area (Å²) in [6, 6.07) is 0. The molecule has 0 aliphatic heterocycles. The van der Waals surface area contributed by atoms with E-state index in [9.17, 15) is 4.79 Å². The molecule has 4 fully saturated rings. The maximum atomic E-state index is 11.5. The lowest BCUT2D eigenvalue weighted by Crippen LogP contribution is -2.54. The monoisotopic (exact) mass is 426 g/mol. The molecule has 0 aromatic rings. The Balaban J connectivity index is 1.46. The van der Waals surface area contributed by atoms with Gasteiger partial charge in [-0.1, -0.05) is 45.1 Å². The summed E-state index contributed by atoms with van der Waals surface area (Å²) in [5, 5.41) is 0. The van der Waals surface area contributed by atoms with Gasteiger partial charge in [0.1, 0.15) is 6.10 Å². The third kappa shape index (κ3) is 4.18. The number of esters is 1. The number of hydrogen-bond acceptors (Lipinski definition) is 2. The van der Waals surface area contributed by atoms with Crippen LogP contribution in [0.25, 0.3) is 0 Å². The van der Waals surface area contributed by atoms with Crippen LogP contribution in [0.1, 0.15) is 98.8 Å². The van der Waals surface area contributed by atoms with Gasteiger partial charge in [-0.25, -0.2) is 0 Å². The Morgan fingerprint density at radius 2 is 1.74 bits per heavy atom. The molecule has 0 bridgehead atoms.